The fraction of sp³-hybridized carbons (Fsp3) is 0.838. The van der Waals surface area contributed by atoms with Crippen molar-refractivity contribution in [2.45, 2.75) is 124 Å². The van der Waals surface area contributed by atoms with Crippen molar-refractivity contribution < 1.29 is 4.79 Å². The van der Waals surface area contributed by atoms with E-state index in [1.807, 2.05) is 0 Å². The normalized spacial score (nSPS) is 42.7. The molecule has 43 heavy (non-hydrogen) atoms. The summed E-state index contributed by atoms with van der Waals surface area (Å²) in [6.45, 7) is 27.8. The SMILES string of the molecule is C=C(C)[C@@H]1CC[C@]2(NC(=O)NCCN(CC)CC)CC[C@]3(C)[C@H](CC[C@@H]4[C@@]5(C)Cc6cn[nH]c6C(C)(C)[C@@H]5CC[C@]43C)[C@@H]12. The van der Waals surface area contributed by atoms with Crippen molar-refractivity contribution in [3.8, 4) is 0 Å². The molecule has 0 aliphatic heterocycles. The summed E-state index contributed by atoms with van der Waals surface area (Å²) in [4.78, 5) is 15.9. The van der Waals surface area contributed by atoms with Gasteiger partial charge in [0.05, 0.1) is 6.20 Å². The third kappa shape index (κ3) is 4.41. The highest BCUT2D eigenvalue weighted by Crippen LogP contribution is 2.76. The van der Waals surface area contributed by atoms with Crippen molar-refractivity contribution in [1.29, 1.82) is 0 Å². The van der Waals surface area contributed by atoms with Gasteiger partial charge in [0, 0.05) is 29.7 Å². The van der Waals surface area contributed by atoms with Crippen LogP contribution in [-0.2, 0) is 11.8 Å². The lowest BCUT2D eigenvalue weighted by molar-refractivity contribution is -0.218. The van der Waals surface area contributed by atoms with Gasteiger partial charge >= 0.3 is 6.03 Å². The standard InChI is InChI=1S/C37H61N5O/c1-10-42(11-2)21-20-38-32(43)40-37-17-14-26(24(3)4)30(37)27-12-13-29-34(7)22-25-23-39-41-31(25)33(5,6)28(34)15-16-36(29,9)35(27,8)18-19-37/h23,26-30H,3,10-22H2,1-2,4-9H3,(H,39,41)(H2,38,40,43)/t26-,27+,28-,29+,30+,34-,35+,36+,37-/m0/s1. The Kier molecular flexibility index (Phi) is 7.71. The van der Waals surface area contributed by atoms with Crippen LogP contribution in [0.2, 0.25) is 0 Å². The van der Waals surface area contributed by atoms with Crippen LogP contribution in [0.1, 0.15) is 118 Å². The van der Waals surface area contributed by atoms with E-state index < -0.39 is 0 Å². The number of carbonyl (C=O) groups excluding carboxylic acids is 1. The highest BCUT2D eigenvalue weighted by atomic mass is 16.2. The van der Waals surface area contributed by atoms with E-state index in [0.717, 1.165) is 45.3 Å². The molecule has 5 aliphatic rings. The van der Waals surface area contributed by atoms with Gasteiger partial charge in [0.2, 0.25) is 0 Å². The minimum atomic E-state index is -0.115. The number of fused-ring (bicyclic) bond motifs is 8. The third-order valence-corrected chi connectivity index (χ3v) is 15.1. The smallest absolute Gasteiger partial charge is 0.315 e. The molecule has 1 aromatic heterocycles. The van der Waals surface area contributed by atoms with Gasteiger partial charge in [-0.2, -0.15) is 5.10 Å². The number of carbonyl (C=O) groups is 1. The molecule has 0 saturated heterocycles. The van der Waals surface area contributed by atoms with E-state index in [1.165, 1.54) is 48.9 Å². The molecule has 1 heterocycles. The minimum Gasteiger partial charge on any atom is -0.337 e. The van der Waals surface area contributed by atoms with E-state index in [2.05, 4.69) is 93.9 Å². The third-order valence-electron chi connectivity index (χ3n) is 15.1. The molecular formula is C37H61N5O. The number of nitrogens with one attached hydrogen (secondary N) is 3. The number of hydrogen-bond acceptors (Lipinski definition) is 3. The molecule has 9 atom stereocenters. The summed E-state index contributed by atoms with van der Waals surface area (Å²) in [6, 6.07) is 0.0383. The lowest BCUT2D eigenvalue weighted by atomic mass is 9.33. The maximum atomic E-state index is 13.5. The lowest BCUT2D eigenvalue weighted by Gasteiger charge is -2.72. The average Bonchev–Trinajstić information content (AvgIpc) is 3.57. The van der Waals surface area contributed by atoms with Crippen LogP contribution in [0.5, 0.6) is 0 Å². The molecule has 4 saturated carbocycles. The summed E-state index contributed by atoms with van der Waals surface area (Å²) in [7, 11) is 0. The van der Waals surface area contributed by atoms with Crippen molar-refractivity contribution in [1.82, 2.24) is 25.7 Å². The zero-order valence-electron chi connectivity index (χ0n) is 28.7. The molecule has 0 bridgehead atoms. The van der Waals surface area contributed by atoms with Crippen LogP contribution in [0.25, 0.3) is 0 Å². The number of urea groups is 1. The first-order valence-corrected chi connectivity index (χ1v) is 17.7. The quantitative estimate of drug-likeness (QED) is 0.288. The molecule has 3 N–H and O–H groups in total. The lowest BCUT2D eigenvalue weighted by Crippen LogP contribution is -2.69. The number of aromatic nitrogens is 2. The second-order valence-electron chi connectivity index (χ2n) is 16.9. The number of amides is 2. The fourth-order valence-electron chi connectivity index (χ4n) is 12.9. The van der Waals surface area contributed by atoms with Gasteiger partial charge in [-0.25, -0.2) is 4.79 Å². The molecule has 0 spiro atoms. The van der Waals surface area contributed by atoms with Gasteiger partial charge < -0.3 is 15.5 Å². The zero-order valence-corrected chi connectivity index (χ0v) is 28.7. The van der Waals surface area contributed by atoms with Crippen LogP contribution in [0, 0.1) is 45.8 Å². The average molecular weight is 592 g/mol. The Morgan fingerprint density at radius 2 is 1.74 bits per heavy atom. The minimum absolute atomic E-state index is 0.0383. The van der Waals surface area contributed by atoms with Gasteiger partial charge in [-0.1, -0.05) is 60.6 Å². The Bertz CT molecular complexity index is 1230. The second kappa shape index (κ2) is 10.6. The maximum absolute atomic E-state index is 13.5. The van der Waals surface area contributed by atoms with Crippen molar-refractivity contribution in [3.63, 3.8) is 0 Å². The molecule has 0 aromatic carbocycles. The Labute approximate surface area is 262 Å². The van der Waals surface area contributed by atoms with Gasteiger partial charge in [-0.05, 0) is 129 Å². The Morgan fingerprint density at radius 1 is 1.00 bits per heavy atom. The van der Waals surface area contributed by atoms with Crippen LogP contribution in [0.3, 0.4) is 0 Å². The molecule has 0 radical (unpaired) electrons. The Balaban J connectivity index is 1.29. The number of allylic oxidation sites excluding steroid dienone is 1. The van der Waals surface area contributed by atoms with Gasteiger partial charge in [-0.15, -0.1) is 0 Å². The summed E-state index contributed by atoms with van der Waals surface area (Å²) in [5.41, 5.74) is 5.01. The predicted molar refractivity (Wildman–Crippen MR) is 176 cm³/mol. The summed E-state index contributed by atoms with van der Waals surface area (Å²) in [6.07, 6.45) is 13.0. The first-order chi connectivity index (χ1) is 20.3. The van der Waals surface area contributed by atoms with Gasteiger partial charge in [-0.3, -0.25) is 5.10 Å². The number of H-pyrrole nitrogens is 1. The number of aromatic amines is 1. The van der Waals surface area contributed by atoms with Gasteiger partial charge in [0.1, 0.15) is 0 Å². The van der Waals surface area contributed by atoms with Crippen molar-refractivity contribution in [2.24, 2.45) is 45.8 Å². The van der Waals surface area contributed by atoms with E-state index in [0.29, 0.717) is 41.5 Å². The highest BCUT2D eigenvalue weighted by Gasteiger charge is 2.71. The molecule has 5 aliphatic carbocycles. The van der Waals surface area contributed by atoms with Gasteiger partial charge in [0.25, 0.3) is 0 Å². The molecular weight excluding hydrogens is 530 g/mol. The van der Waals surface area contributed by atoms with Gasteiger partial charge in [0.15, 0.2) is 0 Å². The maximum Gasteiger partial charge on any atom is 0.315 e. The largest absolute Gasteiger partial charge is 0.337 e. The summed E-state index contributed by atoms with van der Waals surface area (Å²) in [5.74, 6) is 2.96. The van der Waals surface area contributed by atoms with Crippen LogP contribution >= 0.6 is 0 Å². The predicted octanol–water partition coefficient (Wildman–Crippen LogP) is 7.47. The first kappa shape index (κ1) is 31.2. The van der Waals surface area contributed by atoms with E-state index in [9.17, 15) is 4.79 Å². The van der Waals surface area contributed by atoms with Crippen LogP contribution in [-0.4, -0.2) is 52.8 Å². The number of likely N-dealkylation sites (N-methyl/N-ethyl adjacent to an activating group) is 1. The first-order valence-electron chi connectivity index (χ1n) is 17.7. The second-order valence-corrected chi connectivity index (χ2v) is 16.9. The Morgan fingerprint density at radius 3 is 2.44 bits per heavy atom. The summed E-state index contributed by atoms with van der Waals surface area (Å²) in [5, 5.41) is 14.9. The van der Waals surface area contributed by atoms with Crippen molar-refractivity contribution in [3.05, 3.63) is 29.6 Å². The molecule has 6 nitrogen and oxygen atoms in total. The van der Waals surface area contributed by atoms with Crippen LogP contribution < -0.4 is 10.6 Å². The molecule has 6 heteroatoms. The number of hydrogen-bond donors (Lipinski definition) is 3. The van der Waals surface area contributed by atoms with Crippen LogP contribution in [0.15, 0.2) is 18.3 Å². The summed E-state index contributed by atoms with van der Waals surface area (Å²) < 4.78 is 0. The van der Waals surface area contributed by atoms with E-state index in [-0.39, 0.29) is 27.8 Å². The molecule has 4 fully saturated rings. The van der Waals surface area contributed by atoms with Crippen molar-refractivity contribution >= 4 is 6.03 Å². The van der Waals surface area contributed by atoms with Crippen molar-refractivity contribution in [2.75, 3.05) is 26.2 Å². The topological polar surface area (TPSA) is 73.1 Å². The number of rotatable bonds is 7. The fourth-order valence-corrected chi connectivity index (χ4v) is 12.9. The molecule has 6 rings (SSSR count). The zero-order chi connectivity index (χ0) is 31.0. The van der Waals surface area contributed by atoms with E-state index >= 15 is 0 Å². The molecule has 0 unspecified atom stereocenters. The number of nitrogens with zero attached hydrogens (tertiary/aromatic N) is 2. The van der Waals surface area contributed by atoms with Crippen LogP contribution in [0.4, 0.5) is 4.79 Å². The summed E-state index contributed by atoms with van der Waals surface area (Å²) >= 11 is 0. The molecule has 2 amide bonds. The van der Waals surface area contributed by atoms with E-state index in [4.69, 9.17) is 0 Å². The Hall–Kier alpha value is -1.82. The monoisotopic (exact) mass is 591 g/mol. The molecule has 240 valence electrons. The highest BCUT2D eigenvalue weighted by molar-refractivity contribution is 5.75. The molecule has 1 aromatic rings. The van der Waals surface area contributed by atoms with E-state index in [1.54, 1.807) is 0 Å².